The zero-order valence-corrected chi connectivity index (χ0v) is 13.8. The third kappa shape index (κ3) is 2.45. The summed E-state index contributed by atoms with van der Waals surface area (Å²) < 4.78 is 7.42. The third-order valence-electron chi connectivity index (χ3n) is 4.65. The summed E-state index contributed by atoms with van der Waals surface area (Å²) >= 11 is 6.36. The second-order valence-corrected chi connectivity index (χ2v) is 6.49. The van der Waals surface area contributed by atoms with E-state index < -0.39 is 24.4 Å². The number of hydrogen-bond acceptors (Lipinski definition) is 7. The molecule has 3 heterocycles. The van der Waals surface area contributed by atoms with E-state index in [2.05, 4.69) is 9.97 Å². The molecule has 0 aliphatic carbocycles. The smallest absolute Gasteiger partial charge is 0.146 e. The number of aliphatic hydroxyl groups is 3. The van der Waals surface area contributed by atoms with Gasteiger partial charge in [-0.05, 0) is 12.1 Å². The Hall–Kier alpha value is -1.97. The third-order valence-corrected chi connectivity index (χ3v) is 4.96. The van der Waals surface area contributed by atoms with Crippen molar-refractivity contribution in [3.05, 3.63) is 29.5 Å². The molecule has 8 nitrogen and oxygen atoms in total. The molecule has 2 aromatic heterocycles. The molecular weight excluding hydrogens is 348 g/mol. The summed E-state index contributed by atoms with van der Waals surface area (Å²) in [6.07, 6.45) is -2.44. The van der Waals surface area contributed by atoms with E-state index >= 15 is 0 Å². The molecule has 0 amide bonds. The van der Waals surface area contributed by atoms with Gasteiger partial charge in [-0.2, -0.15) is 0 Å². The lowest BCUT2D eigenvalue weighted by Crippen LogP contribution is -2.35. The van der Waals surface area contributed by atoms with E-state index in [0.29, 0.717) is 21.9 Å². The molecular formula is C16H17ClN4O4. The van der Waals surface area contributed by atoms with Gasteiger partial charge >= 0.3 is 0 Å². The minimum atomic E-state index is -1.15. The van der Waals surface area contributed by atoms with Gasteiger partial charge in [0.2, 0.25) is 0 Å². The van der Waals surface area contributed by atoms with E-state index in [1.165, 1.54) is 6.33 Å². The van der Waals surface area contributed by atoms with Crippen LogP contribution in [0.5, 0.6) is 0 Å². The van der Waals surface area contributed by atoms with Crippen molar-refractivity contribution in [2.45, 2.75) is 31.0 Å². The summed E-state index contributed by atoms with van der Waals surface area (Å²) in [6, 6.07) is 5.43. The summed E-state index contributed by atoms with van der Waals surface area (Å²) in [4.78, 5) is 8.35. The van der Waals surface area contributed by atoms with E-state index in [1.54, 1.807) is 12.1 Å². The molecule has 1 saturated heterocycles. The van der Waals surface area contributed by atoms with Crippen LogP contribution in [-0.4, -0.2) is 60.9 Å². The molecule has 25 heavy (non-hydrogen) atoms. The average molecular weight is 365 g/mol. The first-order valence-electron chi connectivity index (χ1n) is 7.82. The number of halogens is 1. The second kappa shape index (κ2) is 6.08. The van der Waals surface area contributed by atoms with Gasteiger partial charge in [0.05, 0.1) is 29.1 Å². The van der Waals surface area contributed by atoms with Crippen molar-refractivity contribution in [2.75, 3.05) is 12.3 Å². The average Bonchev–Trinajstić information content (AvgIpc) is 3.07. The van der Waals surface area contributed by atoms with Gasteiger partial charge in [-0.3, -0.25) is 0 Å². The number of fused-ring (bicyclic) bond motifs is 3. The van der Waals surface area contributed by atoms with E-state index in [0.717, 1.165) is 10.9 Å². The molecule has 132 valence electrons. The summed E-state index contributed by atoms with van der Waals surface area (Å²) in [6.45, 7) is -0.158. The largest absolute Gasteiger partial charge is 0.394 e. The highest BCUT2D eigenvalue weighted by Gasteiger charge is 2.42. The molecule has 1 aliphatic heterocycles. The number of benzene rings is 1. The van der Waals surface area contributed by atoms with E-state index in [-0.39, 0.29) is 13.2 Å². The molecule has 0 unspecified atom stereocenters. The number of anilines is 1. The topological polar surface area (TPSA) is 127 Å². The number of aliphatic hydroxyl groups excluding tert-OH is 3. The van der Waals surface area contributed by atoms with Crippen molar-refractivity contribution in [1.29, 1.82) is 0 Å². The molecule has 9 heteroatoms. The number of nitrogens with two attached hydrogens (primary N) is 1. The SMILES string of the molecule is Nc1ncnc2c1c1c(Cl)cccc1n2C[C@@H]1O[C@H](CO)[C@@H](O)[C@H]1O. The Balaban J connectivity index is 1.87. The molecule has 1 aliphatic rings. The molecule has 0 saturated carbocycles. The highest BCUT2D eigenvalue weighted by atomic mass is 35.5. The van der Waals surface area contributed by atoms with Gasteiger partial charge in [0.1, 0.15) is 42.2 Å². The Kier molecular flexibility index (Phi) is 4.01. The number of nitrogens with zero attached hydrogens (tertiary/aromatic N) is 3. The first-order valence-corrected chi connectivity index (χ1v) is 8.20. The van der Waals surface area contributed by atoms with Crippen LogP contribution < -0.4 is 5.73 Å². The van der Waals surface area contributed by atoms with Crippen LogP contribution in [0.15, 0.2) is 24.5 Å². The fourth-order valence-electron chi connectivity index (χ4n) is 3.43. The van der Waals surface area contributed by atoms with Crippen LogP contribution in [0.2, 0.25) is 5.02 Å². The van der Waals surface area contributed by atoms with Gasteiger partial charge in [0, 0.05) is 5.39 Å². The summed E-state index contributed by atoms with van der Waals surface area (Å²) in [5.74, 6) is 0.308. The highest BCUT2D eigenvalue weighted by Crippen LogP contribution is 2.36. The van der Waals surface area contributed by atoms with Crippen LogP contribution in [0, 0.1) is 0 Å². The van der Waals surface area contributed by atoms with Gasteiger partial charge in [0.25, 0.3) is 0 Å². The molecule has 1 aromatic carbocycles. The molecule has 4 atom stereocenters. The van der Waals surface area contributed by atoms with Crippen LogP contribution in [0.3, 0.4) is 0 Å². The van der Waals surface area contributed by atoms with Gasteiger partial charge in [-0.1, -0.05) is 17.7 Å². The molecule has 1 fully saturated rings. The lowest BCUT2D eigenvalue weighted by Gasteiger charge is -2.16. The van der Waals surface area contributed by atoms with Crippen LogP contribution in [0.25, 0.3) is 21.9 Å². The number of nitrogen functional groups attached to an aromatic ring is 1. The fourth-order valence-corrected chi connectivity index (χ4v) is 3.69. The number of rotatable bonds is 3. The van der Waals surface area contributed by atoms with Crippen molar-refractivity contribution in [1.82, 2.24) is 14.5 Å². The highest BCUT2D eigenvalue weighted by molar-refractivity contribution is 6.38. The van der Waals surface area contributed by atoms with Crippen LogP contribution in [0.1, 0.15) is 0 Å². The van der Waals surface area contributed by atoms with Gasteiger partial charge in [-0.15, -0.1) is 0 Å². The molecule has 3 aromatic rings. The molecule has 5 N–H and O–H groups in total. The maximum absolute atomic E-state index is 10.2. The first kappa shape index (κ1) is 16.5. The lowest BCUT2D eigenvalue weighted by molar-refractivity contribution is -0.0259. The second-order valence-electron chi connectivity index (χ2n) is 6.08. The minimum absolute atomic E-state index is 0.214. The van der Waals surface area contributed by atoms with E-state index in [4.69, 9.17) is 22.1 Å². The van der Waals surface area contributed by atoms with Crippen LogP contribution in [0.4, 0.5) is 5.82 Å². The molecule has 0 spiro atoms. The lowest BCUT2D eigenvalue weighted by atomic mass is 10.1. The number of ether oxygens (including phenoxy) is 1. The molecule has 4 rings (SSSR count). The van der Waals surface area contributed by atoms with E-state index in [1.807, 2.05) is 10.6 Å². The van der Waals surface area contributed by atoms with Crippen molar-refractivity contribution < 1.29 is 20.1 Å². The predicted octanol–water partition coefficient (Wildman–Crippen LogP) is 0.302. The van der Waals surface area contributed by atoms with Crippen LogP contribution in [-0.2, 0) is 11.3 Å². The molecule has 0 bridgehead atoms. The fraction of sp³-hybridized carbons (Fsp3) is 0.375. The van der Waals surface area contributed by atoms with Gasteiger partial charge < -0.3 is 30.4 Å². The zero-order chi connectivity index (χ0) is 17.7. The molecule has 0 radical (unpaired) electrons. The summed E-state index contributed by atoms with van der Waals surface area (Å²) in [5, 5.41) is 31.3. The normalized spacial score (nSPS) is 26.7. The summed E-state index contributed by atoms with van der Waals surface area (Å²) in [5.41, 5.74) is 7.36. The standard InChI is InChI=1S/C16H17ClN4O4/c17-7-2-1-3-8-11(7)12-15(18)19-6-20-16(12)21(8)4-9-13(23)14(24)10(5-22)25-9/h1-3,6,9-10,13-14,22-24H,4-5H2,(H2,18,19,20)/t9-,10+,13-,14+/m0/s1. The Bertz CT molecular complexity index is 887. The Labute approximate surface area is 147 Å². The van der Waals surface area contributed by atoms with Gasteiger partial charge in [-0.25, -0.2) is 9.97 Å². The summed E-state index contributed by atoms with van der Waals surface area (Å²) in [7, 11) is 0. The Morgan fingerprint density at radius 3 is 2.64 bits per heavy atom. The Morgan fingerprint density at radius 1 is 1.16 bits per heavy atom. The van der Waals surface area contributed by atoms with Crippen molar-refractivity contribution in [3.63, 3.8) is 0 Å². The van der Waals surface area contributed by atoms with E-state index in [9.17, 15) is 15.3 Å². The maximum Gasteiger partial charge on any atom is 0.146 e. The number of hydrogen-bond donors (Lipinski definition) is 4. The van der Waals surface area contributed by atoms with Gasteiger partial charge in [0.15, 0.2) is 0 Å². The van der Waals surface area contributed by atoms with Crippen molar-refractivity contribution in [3.8, 4) is 0 Å². The van der Waals surface area contributed by atoms with Crippen LogP contribution >= 0.6 is 11.6 Å². The first-order chi connectivity index (χ1) is 12.0. The maximum atomic E-state index is 10.2. The number of aromatic nitrogens is 3. The quantitative estimate of drug-likeness (QED) is 0.526. The minimum Gasteiger partial charge on any atom is -0.394 e. The van der Waals surface area contributed by atoms with Crippen molar-refractivity contribution >= 4 is 39.4 Å². The Morgan fingerprint density at radius 2 is 1.92 bits per heavy atom. The van der Waals surface area contributed by atoms with Crippen molar-refractivity contribution in [2.24, 2.45) is 0 Å². The zero-order valence-electron chi connectivity index (χ0n) is 13.1. The predicted molar refractivity (Wildman–Crippen MR) is 92.2 cm³/mol. The monoisotopic (exact) mass is 364 g/mol.